The van der Waals surface area contributed by atoms with Crippen molar-refractivity contribution in [1.82, 2.24) is 4.98 Å². The first-order valence-electron chi connectivity index (χ1n) is 11.5. The molecule has 2 amide bonds. The molecule has 0 radical (unpaired) electrons. The Balaban J connectivity index is 1.30. The minimum Gasteiger partial charge on any atom is -0.497 e. The van der Waals surface area contributed by atoms with Gasteiger partial charge in [0.2, 0.25) is 11.8 Å². The van der Waals surface area contributed by atoms with E-state index < -0.39 is 0 Å². The Hall–Kier alpha value is -2.84. The van der Waals surface area contributed by atoms with Crippen LogP contribution in [0.3, 0.4) is 0 Å². The van der Waals surface area contributed by atoms with Gasteiger partial charge in [0, 0.05) is 16.0 Å². The molecule has 3 heterocycles. The number of nitrogens with one attached hydrogen (secondary N) is 1. The van der Waals surface area contributed by atoms with Crippen LogP contribution < -0.4 is 14.5 Å². The number of methoxy groups -OCH3 is 1. The lowest BCUT2D eigenvalue weighted by Crippen LogP contribution is -2.42. The van der Waals surface area contributed by atoms with Crippen LogP contribution in [0.2, 0.25) is 0 Å². The van der Waals surface area contributed by atoms with Gasteiger partial charge in [0.15, 0.2) is 0 Å². The number of hydrogen-bond donors (Lipinski definition) is 1. The predicted molar refractivity (Wildman–Crippen MR) is 130 cm³/mol. The van der Waals surface area contributed by atoms with Gasteiger partial charge in [-0.1, -0.05) is 41.7 Å². The van der Waals surface area contributed by atoms with E-state index >= 15 is 0 Å². The number of H-pyrrole nitrogens is 1. The Morgan fingerprint density at radius 2 is 1.65 bits per heavy atom. The summed E-state index contributed by atoms with van der Waals surface area (Å²) in [6.07, 6.45) is 0.897. The Morgan fingerprint density at radius 1 is 0.941 bits per heavy atom. The zero-order chi connectivity index (χ0) is 23.1. The molecule has 2 saturated carbocycles. The number of nitrogens with zero attached hydrogens (tertiary/aromatic N) is 1. The fraction of sp³-hybridized carbons (Fsp3) is 0.346. The summed E-state index contributed by atoms with van der Waals surface area (Å²) in [4.78, 5) is 45.1. The number of imide groups is 1. The number of aromatic amines is 1. The van der Waals surface area contributed by atoms with Gasteiger partial charge in [0.25, 0.3) is 0 Å². The van der Waals surface area contributed by atoms with Crippen molar-refractivity contribution in [3.63, 3.8) is 0 Å². The lowest BCUT2D eigenvalue weighted by molar-refractivity contribution is -0.123. The number of anilines is 1. The van der Waals surface area contributed by atoms with Gasteiger partial charge in [-0.3, -0.25) is 19.3 Å². The number of ether oxygens (including phenoxy) is 1. The zero-order valence-corrected chi connectivity index (χ0v) is 20.0. The number of benzene rings is 2. The Kier molecular flexibility index (Phi) is 4.42. The molecule has 34 heavy (non-hydrogen) atoms. The van der Waals surface area contributed by atoms with Crippen LogP contribution in [0.1, 0.15) is 22.8 Å². The van der Waals surface area contributed by atoms with Gasteiger partial charge in [-0.2, -0.15) is 0 Å². The van der Waals surface area contributed by atoms with E-state index in [1.807, 2.05) is 18.2 Å². The molecule has 1 N–H and O–H groups in total. The van der Waals surface area contributed by atoms with Crippen LogP contribution in [0, 0.1) is 29.6 Å². The molecule has 1 saturated heterocycles. The molecule has 7 rings (SSSR count). The number of fused-ring (bicyclic) bond motifs is 9. The highest BCUT2D eigenvalue weighted by atomic mass is 32.2. The molecule has 0 spiro atoms. The molecule has 3 aromatic rings. The highest BCUT2D eigenvalue weighted by Gasteiger charge is 2.69. The normalized spacial score (nSPS) is 33.1. The van der Waals surface area contributed by atoms with E-state index in [1.54, 1.807) is 43.1 Å². The van der Waals surface area contributed by atoms with Crippen LogP contribution in [-0.4, -0.2) is 29.2 Å². The summed E-state index contributed by atoms with van der Waals surface area (Å²) in [5.74, 6) is 0.530. The Bertz CT molecular complexity index is 1370. The van der Waals surface area contributed by atoms with Crippen molar-refractivity contribution in [2.24, 2.45) is 29.6 Å². The summed E-state index contributed by atoms with van der Waals surface area (Å²) in [5, 5.41) is 1.15. The van der Waals surface area contributed by atoms with E-state index in [9.17, 15) is 14.4 Å². The van der Waals surface area contributed by atoms with Gasteiger partial charge in [-0.15, -0.1) is 11.8 Å². The molecule has 3 fully saturated rings. The third kappa shape index (κ3) is 2.66. The molecule has 7 atom stereocenters. The quantitative estimate of drug-likeness (QED) is 0.559. The van der Waals surface area contributed by atoms with E-state index in [4.69, 9.17) is 4.74 Å². The molecule has 6 nitrogen and oxygen atoms in total. The SMILES string of the molecule is COc1ccc(N2C(=O)[C@H]3[C@H]4C[C@@H]([C@@H]3C2=O)[C@H]2[C@H](c3ccccc3)c3sc(=O)[nH]c3S[C@H]42)cc1. The van der Waals surface area contributed by atoms with E-state index in [-0.39, 0.29) is 57.4 Å². The van der Waals surface area contributed by atoms with Crippen molar-refractivity contribution in [3.8, 4) is 5.75 Å². The average molecular weight is 491 g/mol. The number of carbonyl (C=O) groups excluding carboxylic acids is 2. The molecule has 1 aromatic heterocycles. The van der Waals surface area contributed by atoms with Crippen molar-refractivity contribution in [2.45, 2.75) is 22.6 Å². The highest BCUT2D eigenvalue weighted by Crippen LogP contribution is 2.68. The second kappa shape index (κ2) is 7.33. The first kappa shape index (κ1) is 20.5. The van der Waals surface area contributed by atoms with Crippen LogP contribution in [0.4, 0.5) is 5.69 Å². The molecule has 2 aromatic carbocycles. The van der Waals surface area contributed by atoms with Crippen LogP contribution in [0.5, 0.6) is 5.75 Å². The third-order valence-electron chi connectivity index (χ3n) is 8.21. The minimum atomic E-state index is -0.287. The van der Waals surface area contributed by atoms with Gasteiger partial charge < -0.3 is 9.72 Å². The summed E-state index contributed by atoms with van der Waals surface area (Å²) in [6.45, 7) is 0. The number of rotatable bonds is 3. The smallest absolute Gasteiger partial charge is 0.305 e. The molecule has 2 aliphatic heterocycles. The first-order chi connectivity index (χ1) is 16.6. The lowest BCUT2D eigenvalue weighted by Gasteiger charge is -2.43. The predicted octanol–water partition coefficient (Wildman–Crippen LogP) is 4.12. The van der Waals surface area contributed by atoms with Gasteiger partial charge in [0.05, 0.1) is 29.7 Å². The molecule has 8 heteroatoms. The Morgan fingerprint density at radius 3 is 2.35 bits per heavy atom. The molecular weight excluding hydrogens is 468 g/mol. The summed E-state index contributed by atoms with van der Waals surface area (Å²) in [5.41, 5.74) is 1.80. The summed E-state index contributed by atoms with van der Waals surface area (Å²) < 4.78 is 5.24. The van der Waals surface area contributed by atoms with Gasteiger partial charge in [-0.05, 0) is 54.0 Å². The number of thiazole rings is 1. The van der Waals surface area contributed by atoms with Crippen LogP contribution >= 0.6 is 23.1 Å². The zero-order valence-electron chi connectivity index (χ0n) is 18.3. The number of hydrogen-bond acceptors (Lipinski definition) is 6. The van der Waals surface area contributed by atoms with Gasteiger partial charge in [0.1, 0.15) is 5.75 Å². The number of thioether (sulfide) groups is 1. The molecule has 0 unspecified atom stereocenters. The van der Waals surface area contributed by atoms with Gasteiger partial charge >= 0.3 is 4.87 Å². The maximum Gasteiger partial charge on any atom is 0.305 e. The summed E-state index contributed by atoms with van der Waals surface area (Å²) in [6, 6.07) is 17.5. The van der Waals surface area contributed by atoms with E-state index in [2.05, 4.69) is 17.1 Å². The first-order valence-corrected chi connectivity index (χ1v) is 13.2. The van der Waals surface area contributed by atoms with Crippen LogP contribution in [0.25, 0.3) is 0 Å². The van der Waals surface area contributed by atoms with Crippen molar-refractivity contribution in [3.05, 3.63) is 74.7 Å². The second-order valence-electron chi connectivity index (χ2n) is 9.58. The number of amides is 2. The van der Waals surface area contributed by atoms with Crippen molar-refractivity contribution < 1.29 is 14.3 Å². The van der Waals surface area contributed by atoms with E-state index in [0.29, 0.717) is 11.4 Å². The number of aromatic nitrogens is 1. The fourth-order valence-corrected chi connectivity index (χ4v) is 9.93. The molecular formula is C26H22N2O4S2. The lowest BCUT2D eigenvalue weighted by atomic mass is 9.68. The van der Waals surface area contributed by atoms with Crippen molar-refractivity contribution in [1.29, 1.82) is 0 Å². The van der Waals surface area contributed by atoms with Crippen molar-refractivity contribution in [2.75, 3.05) is 12.0 Å². The van der Waals surface area contributed by atoms with Crippen LogP contribution in [-0.2, 0) is 9.59 Å². The standard InChI is InChI=1S/C26H22N2O4S2/c1-32-14-9-7-13(8-10-14)28-24(29)19-15-11-16(20(19)25(28)30)21-18(15)17(12-5-3-2-4-6-12)22-23(33-21)27-26(31)34-22/h2-10,15-21H,11H2,1H3,(H,27,31)/t15-,16-,17+,18+,19+,20+,21-/m1/s1. The maximum atomic E-state index is 13.7. The minimum absolute atomic E-state index is 0.0382. The molecule has 2 aliphatic carbocycles. The average Bonchev–Trinajstić information content (AvgIpc) is 3.58. The largest absolute Gasteiger partial charge is 0.497 e. The Labute approximate surface area is 204 Å². The monoisotopic (exact) mass is 490 g/mol. The highest BCUT2D eigenvalue weighted by molar-refractivity contribution is 8.00. The third-order valence-corrected chi connectivity index (χ3v) is 10.8. The molecule has 2 bridgehead atoms. The summed E-state index contributed by atoms with van der Waals surface area (Å²) in [7, 11) is 1.60. The summed E-state index contributed by atoms with van der Waals surface area (Å²) >= 11 is 3.01. The van der Waals surface area contributed by atoms with Gasteiger partial charge in [-0.25, -0.2) is 0 Å². The molecule has 172 valence electrons. The van der Waals surface area contributed by atoms with Crippen molar-refractivity contribution >= 4 is 40.6 Å². The van der Waals surface area contributed by atoms with E-state index in [1.165, 1.54) is 21.8 Å². The number of carbonyl (C=O) groups is 2. The maximum absolute atomic E-state index is 13.7. The second-order valence-corrected chi connectivity index (χ2v) is 11.8. The van der Waals surface area contributed by atoms with Crippen LogP contribution in [0.15, 0.2) is 64.4 Å². The fourth-order valence-electron chi connectivity index (χ4n) is 7.04. The topological polar surface area (TPSA) is 79.5 Å². The molecule has 4 aliphatic rings. The van der Waals surface area contributed by atoms with E-state index in [0.717, 1.165) is 16.3 Å².